The minimum absolute atomic E-state index is 0.184. The van der Waals surface area contributed by atoms with Crippen LogP contribution in [0.25, 0.3) is 0 Å². The molecule has 5 nitrogen and oxygen atoms in total. The number of rotatable bonds is 4. The van der Waals surface area contributed by atoms with Crippen LogP contribution in [0.5, 0.6) is 0 Å². The molecule has 20 heavy (non-hydrogen) atoms. The zero-order chi connectivity index (χ0) is 14.7. The van der Waals surface area contributed by atoms with Crippen LogP contribution in [0.4, 0.5) is 0 Å². The lowest BCUT2D eigenvalue weighted by molar-refractivity contribution is -0.136. The first kappa shape index (κ1) is 14.7. The highest BCUT2D eigenvalue weighted by Crippen LogP contribution is 2.20. The van der Waals surface area contributed by atoms with Crippen LogP contribution in [-0.2, 0) is 11.2 Å². The van der Waals surface area contributed by atoms with Gasteiger partial charge in [-0.2, -0.15) is 0 Å². The van der Waals surface area contributed by atoms with E-state index in [2.05, 4.69) is 21.2 Å². The predicted molar refractivity (Wildman–Crippen MR) is 76.4 cm³/mol. The topological polar surface area (TPSA) is 83.5 Å². The van der Waals surface area contributed by atoms with Crippen LogP contribution >= 0.6 is 15.9 Å². The van der Waals surface area contributed by atoms with Crippen molar-refractivity contribution in [2.24, 2.45) is 0 Å². The van der Waals surface area contributed by atoms with E-state index in [-0.39, 0.29) is 18.1 Å². The monoisotopic (exact) mass is 339 g/mol. The molecule has 0 aromatic heterocycles. The van der Waals surface area contributed by atoms with Gasteiger partial charge in [-0.1, -0.05) is 28.1 Å². The second-order valence-electron chi connectivity index (χ2n) is 4.66. The Kier molecular flexibility index (Phi) is 4.54. The number of aryl methyl sites for hydroxylation is 1. The molecule has 1 amide bonds. The van der Waals surface area contributed by atoms with Gasteiger partial charge >= 0.3 is 5.97 Å². The summed E-state index contributed by atoms with van der Waals surface area (Å²) in [5, 5.41) is 11.5. The molecule has 0 saturated carbocycles. The molecule has 1 atom stereocenters. The lowest BCUT2D eigenvalue weighted by Crippen LogP contribution is -2.23. The van der Waals surface area contributed by atoms with Crippen molar-refractivity contribution < 1.29 is 19.5 Å². The molecule has 0 bridgehead atoms. The number of Topliss-reactive ketones (excluding diaryl/α,β-unsaturated/α-hetero) is 1. The minimum Gasteiger partial charge on any atom is -0.481 e. The van der Waals surface area contributed by atoms with E-state index < -0.39 is 10.8 Å². The number of carbonyl (C=O) groups is 3. The molecular formula is C14H14BrNO4. The van der Waals surface area contributed by atoms with Crippen molar-refractivity contribution in [3.63, 3.8) is 0 Å². The molecule has 0 spiro atoms. The number of fused-ring (bicyclic) bond motifs is 1. The molecule has 1 aliphatic heterocycles. The Hall–Kier alpha value is -1.69. The van der Waals surface area contributed by atoms with Crippen molar-refractivity contribution in [2.45, 2.75) is 24.1 Å². The molecule has 1 aromatic rings. The first-order chi connectivity index (χ1) is 9.49. The third-order valence-corrected chi connectivity index (χ3v) is 3.93. The van der Waals surface area contributed by atoms with Crippen molar-refractivity contribution in [2.75, 3.05) is 6.54 Å². The molecule has 6 heteroatoms. The van der Waals surface area contributed by atoms with Crippen LogP contribution in [0.15, 0.2) is 18.2 Å². The average Bonchev–Trinajstić information content (AvgIpc) is 2.59. The first-order valence-electron chi connectivity index (χ1n) is 6.30. The fourth-order valence-corrected chi connectivity index (χ4v) is 2.70. The lowest BCUT2D eigenvalue weighted by Gasteiger charge is -2.10. The molecule has 1 aromatic carbocycles. The number of carbonyl (C=O) groups excluding carboxylic acids is 2. The standard InChI is InChI=1S/C14H14BrNO4/c15-11(7-12(17)18)13(19)9-4-3-8-2-1-5-16-14(20)10(8)6-9/h3-4,6,11H,1-2,5,7H2,(H,16,20)(H,17,18). The smallest absolute Gasteiger partial charge is 0.304 e. The van der Waals surface area contributed by atoms with Crippen LogP contribution in [-0.4, -0.2) is 34.1 Å². The Bertz CT molecular complexity index is 570. The van der Waals surface area contributed by atoms with Gasteiger partial charge in [-0.3, -0.25) is 14.4 Å². The number of alkyl halides is 1. The Morgan fingerprint density at radius 1 is 1.40 bits per heavy atom. The summed E-state index contributed by atoms with van der Waals surface area (Å²) in [6.07, 6.45) is 1.36. The van der Waals surface area contributed by atoms with Gasteiger partial charge < -0.3 is 10.4 Å². The average molecular weight is 340 g/mol. The van der Waals surface area contributed by atoms with E-state index in [9.17, 15) is 14.4 Å². The summed E-state index contributed by atoms with van der Waals surface area (Å²) >= 11 is 3.08. The maximum absolute atomic E-state index is 12.1. The minimum atomic E-state index is -1.05. The summed E-state index contributed by atoms with van der Waals surface area (Å²) in [7, 11) is 0. The molecule has 2 rings (SSSR count). The van der Waals surface area contributed by atoms with Gasteiger partial charge in [0.2, 0.25) is 0 Å². The van der Waals surface area contributed by atoms with Crippen LogP contribution < -0.4 is 5.32 Å². The van der Waals surface area contributed by atoms with E-state index in [1.807, 2.05) is 0 Å². The van der Waals surface area contributed by atoms with E-state index in [0.29, 0.717) is 17.7 Å². The van der Waals surface area contributed by atoms with Crippen LogP contribution in [0.1, 0.15) is 39.1 Å². The third-order valence-electron chi connectivity index (χ3n) is 3.19. The summed E-state index contributed by atoms with van der Waals surface area (Å²) in [6.45, 7) is 0.622. The van der Waals surface area contributed by atoms with E-state index in [0.717, 1.165) is 18.4 Å². The summed E-state index contributed by atoms with van der Waals surface area (Å²) < 4.78 is 0. The molecule has 0 fully saturated rings. The maximum atomic E-state index is 12.1. The lowest BCUT2D eigenvalue weighted by atomic mass is 9.97. The van der Waals surface area contributed by atoms with Crippen molar-refractivity contribution in [1.82, 2.24) is 5.32 Å². The van der Waals surface area contributed by atoms with Crippen LogP contribution in [0.2, 0.25) is 0 Å². The highest BCUT2D eigenvalue weighted by molar-refractivity contribution is 9.10. The first-order valence-corrected chi connectivity index (χ1v) is 7.22. The van der Waals surface area contributed by atoms with Gasteiger partial charge in [0.25, 0.3) is 5.91 Å². The second-order valence-corrected chi connectivity index (χ2v) is 5.77. The number of benzene rings is 1. The molecule has 1 heterocycles. The highest BCUT2D eigenvalue weighted by Gasteiger charge is 2.22. The summed E-state index contributed by atoms with van der Waals surface area (Å²) in [6, 6.07) is 4.97. The fourth-order valence-electron chi connectivity index (χ4n) is 2.16. The van der Waals surface area contributed by atoms with E-state index in [4.69, 9.17) is 5.11 Å². The summed E-state index contributed by atoms with van der Waals surface area (Å²) in [5.74, 6) is -1.56. The van der Waals surface area contributed by atoms with E-state index >= 15 is 0 Å². The van der Waals surface area contributed by atoms with Gasteiger partial charge in [-0.25, -0.2) is 0 Å². The molecule has 1 unspecified atom stereocenters. The number of carboxylic acid groups (broad SMARTS) is 1. The highest BCUT2D eigenvalue weighted by atomic mass is 79.9. The van der Waals surface area contributed by atoms with E-state index in [1.54, 1.807) is 18.2 Å². The van der Waals surface area contributed by atoms with Gasteiger partial charge in [-0.05, 0) is 24.5 Å². The van der Waals surface area contributed by atoms with Gasteiger partial charge in [0.05, 0.1) is 11.2 Å². The predicted octanol–water partition coefficient (Wildman–Crippen LogP) is 1.78. The number of amides is 1. The zero-order valence-corrected chi connectivity index (χ0v) is 12.3. The quantitative estimate of drug-likeness (QED) is 0.647. The number of carboxylic acids is 1. The number of hydrogen-bond acceptors (Lipinski definition) is 3. The second kappa shape index (κ2) is 6.17. The van der Waals surface area contributed by atoms with Gasteiger partial charge in [0.15, 0.2) is 5.78 Å². The number of hydrogen-bond donors (Lipinski definition) is 2. The number of ketones is 1. The molecule has 0 aliphatic carbocycles. The summed E-state index contributed by atoms with van der Waals surface area (Å²) in [4.78, 5) is 33.9. The van der Waals surface area contributed by atoms with Crippen molar-refractivity contribution >= 4 is 33.6 Å². The van der Waals surface area contributed by atoms with Gasteiger partial charge in [0, 0.05) is 17.7 Å². The molecule has 0 saturated heterocycles. The van der Waals surface area contributed by atoms with Gasteiger partial charge in [-0.15, -0.1) is 0 Å². The Balaban J connectivity index is 2.28. The van der Waals surface area contributed by atoms with Crippen molar-refractivity contribution in [3.05, 3.63) is 34.9 Å². The fraction of sp³-hybridized carbons (Fsp3) is 0.357. The number of aliphatic carboxylic acids is 1. The molecule has 0 radical (unpaired) electrons. The van der Waals surface area contributed by atoms with Gasteiger partial charge in [0.1, 0.15) is 0 Å². The zero-order valence-electron chi connectivity index (χ0n) is 10.7. The molecular weight excluding hydrogens is 326 g/mol. The molecule has 1 aliphatic rings. The Labute approximate surface area is 124 Å². The van der Waals surface area contributed by atoms with Crippen LogP contribution in [0, 0.1) is 0 Å². The largest absolute Gasteiger partial charge is 0.481 e. The summed E-state index contributed by atoms with van der Waals surface area (Å²) in [5.41, 5.74) is 1.77. The molecule has 106 valence electrons. The SMILES string of the molecule is O=C(O)CC(Br)C(=O)c1ccc2c(c1)C(=O)NCCC2. The van der Waals surface area contributed by atoms with E-state index in [1.165, 1.54) is 0 Å². The van der Waals surface area contributed by atoms with Crippen LogP contribution in [0.3, 0.4) is 0 Å². The Morgan fingerprint density at radius 3 is 2.85 bits per heavy atom. The van der Waals surface area contributed by atoms with Crippen molar-refractivity contribution in [3.8, 4) is 0 Å². The molecule has 2 N–H and O–H groups in total. The normalized spacial score (nSPS) is 15.8. The maximum Gasteiger partial charge on any atom is 0.304 e. The third kappa shape index (κ3) is 3.25. The van der Waals surface area contributed by atoms with Crippen molar-refractivity contribution in [1.29, 1.82) is 0 Å². The number of halogens is 1. The number of nitrogens with one attached hydrogen (secondary N) is 1. The Morgan fingerprint density at radius 2 is 2.15 bits per heavy atom.